The van der Waals surface area contributed by atoms with Crippen LogP contribution >= 0.6 is 11.3 Å². The van der Waals surface area contributed by atoms with Crippen LogP contribution in [0.4, 0.5) is 0 Å². The second kappa shape index (κ2) is 7.56. The van der Waals surface area contributed by atoms with E-state index < -0.39 is 0 Å². The van der Waals surface area contributed by atoms with E-state index in [0.29, 0.717) is 17.9 Å². The Bertz CT molecular complexity index is 785. The van der Waals surface area contributed by atoms with Crippen LogP contribution in [0.5, 0.6) is 0 Å². The second-order valence-electron chi connectivity index (χ2n) is 8.52. The number of hydrogen-bond donors (Lipinski definition) is 0. The minimum absolute atomic E-state index is 0.0761. The lowest BCUT2D eigenvalue weighted by Gasteiger charge is -2.33. The second-order valence-corrected chi connectivity index (χ2v) is 9.61. The molecule has 0 saturated heterocycles. The average Bonchev–Trinajstić information content (AvgIpc) is 2.94. The number of hydrogen-bond acceptors (Lipinski definition) is 4. The highest BCUT2D eigenvalue weighted by atomic mass is 32.1. The summed E-state index contributed by atoms with van der Waals surface area (Å²) < 4.78 is 1.59. The number of nitrogens with zero attached hydrogens (tertiary/aromatic N) is 3. The molecule has 1 atom stereocenters. The minimum Gasteiger partial charge on any atom is -0.267 e. The van der Waals surface area contributed by atoms with E-state index >= 15 is 0 Å². The van der Waals surface area contributed by atoms with Gasteiger partial charge in [0.2, 0.25) is 0 Å². The van der Waals surface area contributed by atoms with Crippen LogP contribution in [-0.4, -0.2) is 15.0 Å². The van der Waals surface area contributed by atoms with E-state index in [-0.39, 0.29) is 5.56 Å². The molecule has 4 nitrogen and oxygen atoms in total. The molecular weight excluding hydrogens is 330 g/mol. The number of unbranched alkanes of at least 4 members (excludes halogenated alkanes) is 4. The number of thiophene rings is 1. The molecule has 2 aromatic heterocycles. The fraction of sp³-hybridized carbons (Fsp3) is 0.750. The Balaban J connectivity index is 1.82. The molecule has 0 N–H and O–H groups in total. The Hall–Kier alpha value is -1.23. The molecule has 0 saturated carbocycles. The first-order chi connectivity index (χ1) is 11.9. The van der Waals surface area contributed by atoms with Crippen molar-refractivity contribution in [1.82, 2.24) is 15.0 Å². The molecule has 0 fully saturated rings. The highest BCUT2D eigenvalue weighted by Gasteiger charge is 2.31. The van der Waals surface area contributed by atoms with Crippen LogP contribution in [-0.2, 0) is 19.4 Å². The van der Waals surface area contributed by atoms with Crippen molar-refractivity contribution in [2.75, 3.05) is 0 Å². The van der Waals surface area contributed by atoms with E-state index in [4.69, 9.17) is 0 Å². The van der Waals surface area contributed by atoms with Gasteiger partial charge in [-0.1, -0.05) is 58.6 Å². The first kappa shape index (κ1) is 18.6. The molecule has 0 unspecified atom stereocenters. The summed E-state index contributed by atoms with van der Waals surface area (Å²) in [5.74, 6) is 0.682. The van der Waals surface area contributed by atoms with Gasteiger partial charge in [0.15, 0.2) is 4.83 Å². The molecule has 0 aromatic carbocycles. The molecule has 1 aliphatic carbocycles. The predicted octanol–water partition coefficient (Wildman–Crippen LogP) is 4.97. The summed E-state index contributed by atoms with van der Waals surface area (Å²) in [7, 11) is 0. The molecule has 25 heavy (non-hydrogen) atoms. The van der Waals surface area contributed by atoms with E-state index in [1.807, 2.05) is 0 Å². The van der Waals surface area contributed by atoms with Gasteiger partial charge >= 0.3 is 0 Å². The van der Waals surface area contributed by atoms with Crippen molar-refractivity contribution in [1.29, 1.82) is 0 Å². The van der Waals surface area contributed by atoms with E-state index in [9.17, 15) is 4.79 Å². The normalized spacial score (nSPS) is 17.8. The van der Waals surface area contributed by atoms with Gasteiger partial charge < -0.3 is 0 Å². The molecule has 5 heteroatoms. The molecule has 0 aliphatic heterocycles. The first-order valence-electron chi connectivity index (χ1n) is 9.80. The third-order valence-electron chi connectivity index (χ3n) is 5.64. The van der Waals surface area contributed by atoms with Crippen LogP contribution in [0, 0.1) is 11.3 Å². The summed E-state index contributed by atoms with van der Waals surface area (Å²) in [6, 6.07) is 0. The summed E-state index contributed by atoms with van der Waals surface area (Å²) in [5.41, 5.74) is 1.66. The summed E-state index contributed by atoms with van der Waals surface area (Å²) >= 11 is 1.69. The molecule has 0 radical (unpaired) electrons. The van der Waals surface area contributed by atoms with Gasteiger partial charge in [-0.05, 0) is 42.6 Å². The minimum atomic E-state index is 0.0761. The highest BCUT2D eigenvalue weighted by Crippen LogP contribution is 2.41. The molecule has 0 bridgehead atoms. The maximum Gasteiger partial charge on any atom is 0.278 e. The summed E-state index contributed by atoms with van der Waals surface area (Å²) in [5, 5.41) is 9.44. The van der Waals surface area contributed by atoms with Crippen molar-refractivity contribution in [2.24, 2.45) is 11.3 Å². The molecule has 1 aliphatic rings. The monoisotopic (exact) mass is 361 g/mol. The molecule has 0 amide bonds. The SMILES string of the molecule is CCCCCCCn1nnc2sc3c(c2c1=O)CC[C@@H](C(C)(C)C)C3. The molecule has 138 valence electrons. The van der Waals surface area contributed by atoms with Crippen molar-refractivity contribution < 1.29 is 0 Å². The van der Waals surface area contributed by atoms with Crippen molar-refractivity contribution in [3.05, 3.63) is 20.8 Å². The van der Waals surface area contributed by atoms with Gasteiger partial charge in [0.1, 0.15) is 0 Å². The average molecular weight is 362 g/mol. The Morgan fingerprint density at radius 3 is 2.68 bits per heavy atom. The van der Waals surface area contributed by atoms with Gasteiger partial charge in [-0.3, -0.25) is 4.79 Å². The maximum absolute atomic E-state index is 12.9. The standard InChI is InChI=1S/C20H31N3OS/c1-5-6-7-8-9-12-23-19(24)17-15-11-10-14(20(2,3)4)13-16(15)25-18(17)21-22-23/h14H,5-13H2,1-4H3/t14-/m1/s1. The largest absolute Gasteiger partial charge is 0.278 e. The van der Waals surface area contributed by atoms with Crippen LogP contribution in [0.3, 0.4) is 0 Å². The quantitative estimate of drug-likeness (QED) is 0.682. The van der Waals surface area contributed by atoms with E-state index in [1.165, 1.54) is 36.1 Å². The van der Waals surface area contributed by atoms with Crippen LogP contribution < -0.4 is 5.56 Å². The van der Waals surface area contributed by atoms with E-state index in [1.54, 1.807) is 16.0 Å². The predicted molar refractivity (Wildman–Crippen MR) is 105 cm³/mol. The zero-order valence-corrected chi connectivity index (χ0v) is 16.9. The van der Waals surface area contributed by atoms with Crippen LogP contribution in [0.2, 0.25) is 0 Å². The van der Waals surface area contributed by atoms with Gasteiger partial charge in [-0.25, -0.2) is 4.68 Å². The van der Waals surface area contributed by atoms with Gasteiger partial charge in [-0.15, -0.1) is 16.4 Å². The smallest absolute Gasteiger partial charge is 0.267 e. The van der Waals surface area contributed by atoms with Crippen LogP contribution in [0.1, 0.15) is 76.7 Å². The van der Waals surface area contributed by atoms with Gasteiger partial charge in [0.25, 0.3) is 5.56 Å². The summed E-state index contributed by atoms with van der Waals surface area (Å²) in [6.45, 7) is 9.87. The zero-order chi connectivity index (χ0) is 18.0. The Labute approximate surface area is 154 Å². The van der Waals surface area contributed by atoms with Crippen LogP contribution in [0.15, 0.2) is 4.79 Å². The summed E-state index contributed by atoms with van der Waals surface area (Å²) in [6.07, 6.45) is 9.18. The lowest BCUT2D eigenvalue weighted by atomic mass is 9.72. The van der Waals surface area contributed by atoms with Crippen molar-refractivity contribution in [3.63, 3.8) is 0 Å². The highest BCUT2D eigenvalue weighted by molar-refractivity contribution is 7.18. The van der Waals surface area contributed by atoms with Crippen molar-refractivity contribution >= 4 is 21.6 Å². The third kappa shape index (κ3) is 3.97. The molecular formula is C20H31N3OS. The molecule has 3 rings (SSSR count). The summed E-state index contributed by atoms with van der Waals surface area (Å²) in [4.78, 5) is 15.1. The van der Waals surface area contributed by atoms with Crippen LogP contribution in [0.25, 0.3) is 10.2 Å². The number of fused-ring (bicyclic) bond motifs is 3. The maximum atomic E-state index is 12.9. The fourth-order valence-electron chi connectivity index (χ4n) is 3.88. The number of aryl methyl sites for hydroxylation is 2. The van der Waals surface area contributed by atoms with Crippen molar-refractivity contribution in [2.45, 2.75) is 85.6 Å². The molecule has 2 heterocycles. The zero-order valence-electron chi connectivity index (χ0n) is 16.1. The topological polar surface area (TPSA) is 47.8 Å². The Morgan fingerprint density at radius 1 is 1.20 bits per heavy atom. The number of rotatable bonds is 6. The fourth-order valence-corrected chi connectivity index (χ4v) is 5.11. The Kier molecular flexibility index (Phi) is 5.62. The third-order valence-corrected chi connectivity index (χ3v) is 6.78. The lowest BCUT2D eigenvalue weighted by Crippen LogP contribution is -2.27. The molecule has 2 aromatic rings. The van der Waals surface area contributed by atoms with Gasteiger partial charge in [0.05, 0.1) is 5.39 Å². The van der Waals surface area contributed by atoms with Crippen molar-refractivity contribution in [3.8, 4) is 0 Å². The van der Waals surface area contributed by atoms with Gasteiger partial charge in [-0.2, -0.15) is 0 Å². The Morgan fingerprint density at radius 2 is 1.96 bits per heavy atom. The lowest BCUT2D eigenvalue weighted by molar-refractivity contribution is 0.218. The van der Waals surface area contributed by atoms with Gasteiger partial charge in [0, 0.05) is 11.4 Å². The van der Waals surface area contributed by atoms with E-state index in [2.05, 4.69) is 38.0 Å². The molecule has 0 spiro atoms. The first-order valence-corrected chi connectivity index (χ1v) is 10.6. The number of aromatic nitrogens is 3. The van der Waals surface area contributed by atoms with E-state index in [0.717, 1.165) is 35.9 Å².